The summed E-state index contributed by atoms with van der Waals surface area (Å²) in [5, 5.41) is 3.47. The van der Waals surface area contributed by atoms with Gasteiger partial charge in [0.15, 0.2) is 0 Å². The highest BCUT2D eigenvalue weighted by molar-refractivity contribution is 7.89. The average Bonchev–Trinajstić information content (AvgIpc) is 3.15. The Balaban J connectivity index is 1.45. The summed E-state index contributed by atoms with van der Waals surface area (Å²) in [5.74, 6) is -0.255. The van der Waals surface area contributed by atoms with Crippen molar-refractivity contribution < 1.29 is 26.4 Å². The normalized spacial score (nSPS) is 22.5. The molecule has 11 heteroatoms. The molecule has 0 radical (unpaired) electrons. The van der Waals surface area contributed by atoms with Gasteiger partial charge in [0.2, 0.25) is 10.0 Å². The number of carbonyl (C=O) groups excluding carboxylic acids is 1. The van der Waals surface area contributed by atoms with E-state index < -0.39 is 26.7 Å². The maximum atomic E-state index is 13.4. The number of hydrogen-bond acceptors (Lipinski definition) is 4. The van der Waals surface area contributed by atoms with E-state index in [2.05, 4.69) is 10.2 Å². The van der Waals surface area contributed by atoms with Crippen LogP contribution in [0.15, 0.2) is 53.4 Å². The Labute approximate surface area is 189 Å². The molecule has 2 aromatic rings. The molecule has 0 saturated carbocycles. The predicted octanol–water partition coefficient (Wildman–Crippen LogP) is 3.24. The Hall–Kier alpha value is -2.14. The zero-order valence-electron chi connectivity index (χ0n) is 16.8. The van der Waals surface area contributed by atoms with E-state index in [0.29, 0.717) is 30.1 Å². The first-order valence-electron chi connectivity index (χ1n) is 10.0. The summed E-state index contributed by atoms with van der Waals surface area (Å²) >= 11 is 5.84. The molecule has 6 nitrogen and oxygen atoms in total. The highest BCUT2D eigenvalue weighted by Crippen LogP contribution is 2.36. The lowest BCUT2D eigenvalue weighted by atomic mass is 10.1. The van der Waals surface area contributed by atoms with Crippen LogP contribution in [0.4, 0.5) is 13.2 Å². The van der Waals surface area contributed by atoms with Gasteiger partial charge >= 0.3 is 6.18 Å². The molecular weight excluding hydrogens is 467 g/mol. The Morgan fingerprint density at radius 1 is 1.03 bits per heavy atom. The number of nitrogens with one attached hydrogen (secondary N) is 1. The van der Waals surface area contributed by atoms with Crippen molar-refractivity contribution in [1.29, 1.82) is 0 Å². The molecule has 2 atom stereocenters. The lowest BCUT2D eigenvalue weighted by Gasteiger charge is -2.36. The number of rotatable bonds is 4. The molecule has 2 aliphatic heterocycles. The smallest absolute Gasteiger partial charge is 0.348 e. The van der Waals surface area contributed by atoms with E-state index in [0.717, 1.165) is 16.4 Å². The van der Waals surface area contributed by atoms with Gasteiger partial charge in [-0.1, -0.05) is 23.7 Å². The summed E-state index contributed by atoms with van der Waals surface area (Å²) in [5.41, 5.74) is -0.700. The van der Waals surface area contributed by atoms with Crippen molar-refractivity contribution in [3.63, 3.8) is 0 Å². The summed E-state index contributed by atoms with van der Waals surface area (Å²) in [6.45, 7) is 1.09. The molecule has 2 aromatic carbocycles. The highest BCUT2D eigenvalue weighted by Gasteiger charge is 2.43. The molecule has 1 N–H and O–H groups in total. The van der Waals surface area contributed by atoms with Gasteiger partial charge in [-0.2, -0.15) is 17.5 Å². The van der Waals surface area contributed by atoms with Gasteiger partial charge < -0.3 is 5.32 Å². The Morgan fingerprint density at radius 2 is 1.72 bits per heavy atom. The van der Waals surface area contributed by atoms with E-state index >= 15 is 0 Å². The number of carbonyl (C=O) groups is 1. The van der Waals surface area contributed by atoms with Crippen molar-refractivity contribution in [2.75, 3.05) is 26.2 Å². The Kier molecular flexibility index (Phi) is 6.23. The van der Waals surface area contributed by atoms with Gasteiger partial charge in [0.25, 0.3) is 5.91 Å². The second-order valence-corrected chi connectivity index (χ2v) is 10.3. The molecule has 32 heavy (non-hydrogen) atoms. The highest BCUT2D eigenvalue weighted by atomic mass is 35.5. The topological polar surface area (TPSA) is 69.7 Å². The fourth-order valence-electron chi connectivity index (χ4n) is 4.27. The monoisotopic (exact) mass is 487 g/mol. The Bertz CT molecular complexity index is 1110. The Morgan fingerprint density at radius 3 is 2.41 bits per heavy atom. The van der Waals surface area contributed by atoms with E-state index in [9.17, 15) is 26.4 Å². The number of hydrogen-bond donors (Lipinski definition) is 1. The molecule has 1 amide bonds. The van der Waals surface area contributed by atoms with Crippen molar-refractivity contribution in [3.8, 4) is 0 Å². The van der Waals surface area contributed by atoms with Crippen LogP contribution in [-0.2, 0) is 16.2 Å². The summed E-state index contributed by atoms with van der Waals surface area (Å²) in [6, 6.07) is 10.3. The minimum atomic E-state index is -4.77. The molecule has 0 bridgehead atoms. The van der Waals surface area contributed by atoms with Gasteiger partial charge in [-0.15, -0.1) is 0 Å². The summed E-state index contributed by atoms with van der Waals surface area (Å²) in [7, 11) is -4.32. The van der Waals surface area contributed by atoms with E-state index in [4.69, 9.17) is 11.6 Å². The first kappa shape index (κ1) is 23.0. The molecule has 0 unspecified atom stereocenters. The fraction of sp³-hybridized carbons (Fsp3) is 0.381. The van der Waals surface area contributed by atoms with Crippen LogP contribution in [0.5, 0.6) is 0 Å². The molecule has 0 aliphatic carbocycles. The van der Waals surface area contributed by atoms with Crippen LogP contribution >= 0.6 is 11.6 Å². The van der Waals surface area contributed by atoms with Crippen LogP contribution < -0.4 is 5.32 Å². The molecule has 4 rings (SSSR count). The largest absolute Gasteiger partial charge is 0.417 e. The molecule has 0 aromatic heterocycles. The number of nitrogens with zero attached hydrogens (tertiary/aromatic N) is 2. The van der Waals surface area contributed by atoms with Crippen molar-refractivity contribution in [3.05, 3.63) is 64.7 Å². The quantitative estimate of drug-likeness (QED) is 0.719. The second kappa shape index (κ2) is 8.66. The fourth-order valence-corrected chi connectivity index (χ4v) is 6.08. The van der Waals surface area contributed by atoms with Crippen LogP contribution in [0.3, 0.4) is 0 Å². The van der Waals surface area contributed by atoms with Crippen molar-refractivity contribution in [1.82, 2.24) is 14.5 Å². The lowest BCUT2D eigenvalue weighted by molar-refractivity contribution is -0.139. The summed E-state index contributed by atoms with van der Waals surface area (Å²) < 4.78 is 67.3. The molecular formula is C21H21ClF3N3O3S. The van der Waals surface area contributed by atoms with Gasteiger partial charge in [-0.25, -0.2) is 8.42 Å². The van der Waals surface area contributed by atoms with Gasteiger partial charge in [-0.05, 0) is 42.8 Å². The zero-order chi connectivity index (χ0) is 23.1. The number of fused-ring (bicyclic) bond motifs is 1. The van der Waals surface area contributed by atoms with Gasteiger partial charge in [-0.3, -0.25) is 9.69 Å². The van der Waals surface area contributed by atoms with Crippen molar-refractivity contribution in [2.24, 2.45) is 0 Å². The SMILES string of the molecule is O=C(N[C@H]1C[C@H]2CN(S(=O)(=O)c3ccccc3C(F)(F)F)CCN2C1)c1ccc(Cl)cc1. The van der Waals surface area contributed by atoms with Crippen LogP contribution in [0.25, 0.3) is 0 Å². The summed E-state index contributed by atoms with van der Waals surface area (Å²) in [4.78, 5) is 13.8. The van der Waals surface area contributed by atoms with Crippen LogP contribution in [-0.4, -0.2) is 61.8 Å². The first-order chi connectivity index (χ1) is 15.1. The molecule has 2 fully saturated rings. The van der Waals surface area contributed by atoms with E-state index in [1.54, 1.807) is 24.3 Å². The number of sulfonamides is 1. The lowest BCUT2D eigenvalue weighted by Crippen LogP contribution is -2.52. The van der Waals surface area contributed by atoms with Crippen molar-refractivity contribution in [2.45, 2.75) is 29.6 Å². The maximum Gasteiger partial charge on any atom is 0.417 e. The number of halogens is 4. The standard InChI is InChI=1S/C21H21ClF3N3O3S/c22-15-7-5-14(6-8-15)20(29)26-16-11-17-13-28(10-9-27(17)12-16)32(30,31)19-4-2-1-3-18(19)21(23,24)25/h1-8,16-17H,9-13H2,(H,26,29)/t16-,17-/m0/s1. The van der Waals surface area contributed by atoms with Crippen LogP contribution in [0, 0.1) is 0 Å². The number of benzene rings is 2. The first-order valence-corrected chi connectivity index (χ1v) is 11.8. The van der Waals surface area contributed by atoms with Crippen LogP contribution in [0.1, 0.15) is 22.3 Å². The van der Waals surface area contributed by atoms with Crippen LogP contribution in [0.2, 0.25) is 5.02 Å². The second-order valence-electron chi connectivity index (χ2n) is 7.92. The van der Waals surface area contributed by atoms with Gasteiger partial charge in [0.1, 0.15) is 0 Å². The molecule has 172 valence electrons. The van der Waals surface area contributed by atoms with E-state index in [-0.39, 0.29) is 31.1 Å². The minimum Gasteiger partial charge on any atom is -0.348 e. The maximum absolute atomic E-state index is 13.4. The number of amides is 1. The number of piperazine rings is 1. The van der Waals surface area contributed by atoms with E-state index in [1.807, 2.05) is 0 Å². The van der Waals surface area contributed by atoms with Gasteiger partial charge in [0.05, 0.1) is 10.5 Å². The summed E-state index contributed by atoms with van der Waals surface area (Å²) in [6.07, 6.45) is -4.26. The average molecular weight is 488 g/mol. The zero-order valence-corrected chi connectivity index (χ0v) is 18.4. The van der Waals surface area contributed by atoms with E-state index in [1.165, 1.54) is 12.1 Å². The minimum absolute atomic E-state index is 0.0713. The third-order valence-corrected chi connectivity index (χ3v) is 8.01. The number of alkyl halides is 3. The van der Waals surface area contributed by atoms with Crippen molar-refractivity contribution >= 4 is 27.5 Å². The predicted molar refractivity (Wildman–Crippen MR) is 113 cm³/mol. The molecule has 2 heterocycles. The third kappa shape index (κ3) is 4.63. The third-order valence-electron chi connectivity index (χ3n) is 5.83. The molecule has 2 aliphatic rings. The molecule has 0 spiro atoms. The molecule has 2 saturated heterocycles. The van der Waals surface area contributed by atoms with Gasteiger partial charge in [0, 0.05) is 48.8 Å².